The van der Waals surface area contributed by atoms with Gasteiger partial charge in [0.25, 0.3) is 0 Å². The third-order valence-electron chi connectivity index (χ3n) is 1.55. The number of allylic oxidation sites excluding steroid dienone is 1. The van der Waals surface area contributed by atoms with Gasteiger partial charge in [-0.15, -0.1) is 0 Å². The summed E-state index contributed by atoms with van der Waals surface area (Å²) in [6.07, 6.45) is 5.13. The maximum absolute atomic E-state index is 10.7. The van der Waals surface area contributed by atoms with E-state index in [1.807, 2.05) is 13.0 Å². The lowest BCUT2D eigenvalue weighted by atomic mass is 10.0. The molecule has 10 heavy (non-hydrogen) atoms. The smallest absolute Gasteiger partial charge is 0.155 e. The number of rotatable bonds is 2. The first kappa shape index (κ1) is 7.48. The minimum Gasteiger partial charge on any atom is -0.374 e. The Hall–Kier alpha value is -0.630. The maximum atomic E-state index is 10.7. The molecule has 0 radical (unpaired) electrons. The summed E-state index contributed by atoms with van der Waals surface area (Å²) in [5.74, 6) is 0.218. The second kappa shape index (κ2) is 3.52. The summed E-state index contributed by atoms with van der Waals surface area (Å²) in [5, 5.41) is 0. The molecule has 0 N–H and O–H groups in total. The first-order chi connectivity index (χ1) is 4.83. The van der Waals surface area contributed by atoms with Gasteiger partial charge in [-0.1, -0.05) is 6.08 Å². The van der Waals surface area contributed by atoms with Gasteiger partial charge in [0, 0.05) is 13.0 Å². The van der Waals surface area contributed by atoms with Gasteiger partial charge in [-0.25, -0.2) is 0 Å². The summed E-state index contributed by atoms with van der Waals surface area (Å²) < 4.78 is 5.29. The fourth-order valence-corrected chi connectivity index (χ4v) is 1.03. The van der Waals surface area contributed by atoms with Crippen LogP contribution in [0.15, 0.2) is 12.2 Å². The fraction of sp³-hybridized carbons (Fsp3) is 0.625. The van der Waals surface area contributed by atoms with E-state index in [9.17, 15) is 4.79 Å². The molecule has 0 bridgehead atoms. The molecule has 1 unspecified atom stereocenters. The standard InChI is InChI=1S/C8H12O2/c1-2-10-8-5-3-7(9)4-6-8/h3,5,8H,2,4,6H2,1H3. The van der Waals surface area contributed by atoms with Crippen LogP contribution in [0, 0.1) is 0 Å². The van der Waals surface area contributed by atoms with E-state index in [0.29, 0.717) is 6.42 Å². The Morgan fingerprint density at radius 2 is 2.60 bits per heavy atom. The van der Waals surface area contributed by atoms with Gasteiger partial charge in [0.05, 0.1) is 6.10 Å². The van der Waals surface area contributed by atoms with Gasteiger partial charge in [-0.3, -0.25) is 4.79 Å². The van der Waals surface area contributed by atoms with Crippen LogP contribution < -0.4 is 0 Å². The van der Waals surface area contributed by atoms with Gasteiger partial charge < -0.3 is 4.74 Å². The van der Waals surface area contributed by atoms with Gasteiger partial charge in [0.2, 0.25) is 0 Å². The number of carbonyl (C=O) groups is 1. The zero-order chi connectivity index (χ0) is 7.40. The molecule has 1 aliphatic rings. The largest absolute Gasteiger partial charge is 0.374 e. The lowest BCUT2D eigenvalue weighted by Crippen LogP contribution is -2.15. The predicted molar refractivity (Wildman–Crippen MR) is 38.8 cm³/mol. The normalized spacial score (nSPS) is 25.3. The Kier molecular flexibility index (Phi) is 2.63. The average molecular weight is 140 g/mol. The van der Waals surface area contributed by atoms with Crippen molar-refractivity contribution < 1.29 is 9.53 Å². The molecule has 0 aromatic rings. The van der Waals surface area contributed by atoms with E-state index in [0.717, 1.165) is 13.0 Å². The Bertz CT molecular complexity index is 149. The molecule has 2 heteroatoms. The molecule has 1 rings (SSSR count). The minimum absolute atomic E-state index is 0.183. The van der Waals surface area contributed by atoms with Crippen LogP contribution in [0.25, 0.3) is 0 Å². The van der Waals surface area contributed by atoms with Gasteiger partial charge in [0.15, 0.2) is 5.78 Å². The molecule has 2 nitrogen and oxygen atoms in total. The van der Waals surface area contributed by atoms with Crippen molar-refractivity contribution in [1.82, 2.24) is 0 Å². The summed E-state index contributed by atoms with van der Waals surface area (Å²) in [5.41, 5.74) is 0. The average Bonchev–Trinajstić information content (AvgIpc) is 1.95. The molecule has 0 aromatic heterocycles. The van der Waals surface area contributed by atoms with E-state index in [2.05, 4.69) is 0 Å². The first-order valence-corrected chi connectivity index (χ1v) is 3.65. The van der Waals surface area contributed by atoms with Crippen LogP contribution in [0.2, 0.25) is 0 Å². The van der Waals surface area contributed by atoms with Crippen LogP contribution in [0.5, 0.6) is 0 Å². The second-order valence-electron chi connectivity index (χ2n) is 2.36. The monoisotopic (exact) mass is 140 g/mol. The lowest BCUT2D eigenvalue weighted by molar-refractivity contribution is -0.115. The zero-order valence-corrected chi connectivity index (χ0v) is 6.17. The van der Waals surface area contributed by atoms with Crippen LogP contribution in [0.3, 0.4) is 0 Å². The molecule has 0 fully saturated rings. The Morgan fingerprint density at radius 1 is 1.80 bits per heavy atom. The van der Waals surface area contributed by atoms with Gasteiger partial charge in [0.1, 0.15) is 0 Å². The van der Waals surface area contributed by atoms with Crippen molar-refractivity contribution in [1.29, 1.82) is 0 Å². The molecule has 1 atom stereocenters. The molecule has 0 aromatic carbocycles. The highest BCUT2D eigenvalue weighted by Crippen LogP contribution is 2.10. The van der Waals surface area contributed by atoms with Gasteiger partial charge >= 0.3 is 0 Å². The number of hydrogen-bond acceptors (Lipinski definition) is 2. The van der Waals surface area contributed by atoms with Crippen molar-refractivity contribution in [3.05, 3.63) is 12.2 Å². The van der Waals surface area contributed by atoms with E-state index in [1.165, 1.54) is 0 Å². The predicted octanol–water partition coefficient (Wildman–Crippen LogP) is 1.31. The molecule has 1 aliphatic carbocycles. The highest BCUT2D eigenvalue weighted by molar-refractivity contribution is 5.90. The number of hydrogen-bond donors (Lipinski definition) is 0. The SMILES string of the molecule is CCOC1C=CC(=O)CC1. The Morgan fingerprint density at radius 3 is 3.10 bits per heavy atom. The van der Waals surface area contributed by atoms with Crippen molar-refractivity contribution in [2.45, 2.75) is 25.9 Å². The van der Waals surface area contributed by atoms with Crippen LogP contribution in [-0.4, -0.2) is 18.5 Å². The first-order valence-electron chi connectivity index (χ1n) is 3.65. The van der Waals surface area contributed by atoms with Crippen molar-refractivity contribution in [3.63, 3.8) is 0 Å². The van der Waals surface area contributed by atoms with E-state index in [4.69, 9.17) is 4.74 Å². The summed E-state index contributed by atoms with van der Waals surface area (Å²) in [6.45, 7) is 2.69. The highest BCUT2D eigenvalue weighted by atomic mass is 16.5. The molecule has 0 saturated heterocycles. The van der Waals surface area contributed by atoms with Crippen molar-refractivity contribution in [3.8, 4) is 0 Å². The maximum Gasteiger partial charge on any atom is 0.155 e. The molecule has 0 heterocycles. The van der Waals surface area contributed by atoms with Crippen molar-refractivity contribution in [2.75, 3.05) is 6.61 Å². The molecule has 56 valence electrons. The third kappa shape index (κ3) is 1.95. The number of ketones is 1. The molecule has 0 aliphatic heterocycles. The summed E-state index contributed by atoms with van der Waals surface area (Å²) in [6, 6.07) is 0. The van der Waals surface area contributed by atoms with Gasteiger partial charge in [-0.2, -0.15) is 0 Å². The van der Waals surface area contributed by atoms with Crippen LogP contribution >= 0.6 is 0 Å². The molecule has 0 saturated carbocycles. The molecular weight excluding hydrogens is 128 g/mol. The van der Waals surface area contributed by atoms with Crippen LogP contribution in [-0.2, 0) is 9.53 Å². The van der Waals surface area contributed by atoms with E-state index in [-0.39, 0.29) is 11.9 Å². The van der Waals surface area contributed by atoms with Crippen molar-refractivity contribution in [2.24, 2.45) is 0 Å². The molecule has 0 spiro atoms. The van der Waals surface area contributed by atoms with Crippen LogP contribution in [0.1, 0.15) is 19.8 Å². The quantitative estimate of drug-likeness (QED) is 0.578. The fourth-order valence-electron chi connectivity index (χ4n) is 1.03. The van der Waals surface area contributed by atoms with E-state index < -0.39 is 0 Å². The van der Waals surface area contributed by atoms with Crippen molar-refractivity contribution >= 4 is 5.78 Å². The number of ether oxygens (including phenoxy) is 1. The van der Waals surface area contributed by atoms with Gasteiger partial charge in [-0.05, 0) is 19.4 Å². The molecule has 0 amide bonds. The molecular formula is C8H12O2. The topological polar surface area (TPSA) is 26.3 Å². The number of carbonyl (C=O) groups excluding carboxylic acids is 1. The Balaban J connectivity index is 2.37. The zero-order valence-electron chi connectivity index (χ0n) is 6.17. The minimum atomic E-state index is 0.183. The second-order valence-corrected chi connectivity index (χ2v) is 2.36. The van der Waals surface area contributed by atoms with E-state index in [1.54, 1.807) is 6.08 Å². The highest BCUT2D eigenvalue weighted by Gasteiger charge is 2.11. The van der Waals surface area contributed by atoms with Crippen LogP contribution in [0.4, 0.5) is 0 Å². The Labute approximate surface area is 60.9 Å². The summed E-state index contributed by atoms with van der Waals surface area (Å²) >= 11 is 0. The summed E-state index contributed by atoms with van der Waals surface area (Å²) in [4.78, 5) is 10.7. The third-order valence-corrected chi connectivity index (χ3v) is 1.55. The summed E-state index contributed by atoms with van der Waals surface area (Å²) in [7, 11) is 0. The lowest BCUT2D eigenvalue weighted by Gasteiger charge is -2.14. The van der Waals surface area contributed by atoms with E-state index >= 15 is 0 Å².